The highest BCUT2D eigenvalue weighted by atomic mass is 32.2. The van der Waals surface area contributed by atoms with E-state index >= 15 is 0 Å². The second kappa shape index (κ2) is 3.55. The minimum Gasteiger partial charge on any atom is -0.356 e. The van der Waals surface area contributed by atoms with Crippen molar-refractivity contribution in [1.82, 2.24) is 0 Å². The summed E-state index contributed by atoms with van der Waals surface area (Å²) in [6.45, 7) is 0. The van der Waals surface area contributed by atoms with Gasteiger partial charge in [-0.2, -0.15) is 4.21 Å². The number of hydrogen-bond donors (Lipinski definition) is 0. The molecular weight excluding hydrogens is 172 g/mol. The molecule has 0 radical (unpaired) electrons. The minimum atomic E-state index is -1.81. The van der Waals surface area contributed by atoms with Crippen molar-refractivity contribution in [2.75, 3.05) is 0 Å². The molecule has 1 saturated heterocycles. The third-order valence-electron chi connectivity index (χ3n) is 0.243. The molecule has 0 atom stereocenters. The fourth-order valence-electron chi connectivity index (χ4n) is 0.105. The fourth-order valence-corrected chi connectivity index (χ4v) is 0.315. The summed E-state index contributed by atoms with van der Waals surface area (Å²) in [5.41, 5.74) is 0. The maximum atomic E-state index is 9.53. The summed E-state index contributed by atoms with van der Waals surface area (Å²) in [4.78, 5) is 17.6. The zero-order chi connectivity index (χ0) is 8.15. The molecule has 10 heavy (non-hydrogen) atoms. The standard InChI is InChI=1S/NO4S.NO3/c2-1-4-6(3)5-1;2-1(3)4/q+1;-1. The highest BCUT2D eigenvalue weighted by molar-refractivity contribution is 7.75. The van der Waals surface area contributed by atoms with Crippen LogP contribution in [0.3, 0.4) is 0 Å². The molecule has 0 N–H and O–H groups in total. The van der Waals surface area contributed by atoms with Gasteiger partial charge in [-0.05, 0) is 8.57 Å². The van der Waals surface area contributed by atoms with Crippen LogP contribution in [0.2, 0.25) is 0 Å². The molecule has 1 aliphatic heterocycles. The zero-order valence-corrected chi connectivity index (χ0v) is 4.98. The fraction of sp³-hybridized carbons (Fsp3) is 0. The normalized spacial score (nSPS) is 15.0. The van der Waals surface area contributed by atoms with Crippen molar-refractivity contribution in [2.24, 2.45) is 0 Å². The summed E-state index contributed by atoms with van der Waals surface area (Å²) >= 11 is -1.81. The Kier molecular flexibility index (Phi) is 3.04. The van der Waals surface area contributed by atoms with Gasteiger partial charge in [0.05, 0.1) is 5.09 Å². The van der Waals surface area contributed by atoms with Crippen LogP contribution >= 0.6 is 0 Å². The van der Waals surface area contributed by atoms with Crippen LogP contribution < -0.4 is 0 Å². The summed E-state index contributed by atoms with van der Waals surface area (Å²) in [6, 6.07) is 0. The summed E-state index contributed by atoms with van der Waals surface area (Å²) in [7, 11) is 0. The van der Waals surface area contributed by atoms with Crippen molar-refractivity contribution >= 4 is 11.4 Å². The van der Waals surface area contributed by atoms with Gasteiger partial charge in [-0.3, -0.25) is 0 Å². The van der Waals surface area contributed by atoms with Crippen LogP contribution in [0.1, 0.15) is 0 Å². The van der Waals surface area contributed by atoms with Gasteiger partial charge in [-0.15, -0.1) is 0 Å². The smallest absolute Gasteiger partial charge is 0.356 e. The van der Waals surface area contributed by atoms with Crippen LogP contribution in [0.4, 0.5) is 0 Å². The van der Waals surface area contributed by atoms with Crippen LogP contribution in [-0.4, -0.2) is 14.4 Å². The highest BCUT2D eigenvalue weighted by Crippen LogP contribution is 2.01. The lowest BCUT2D eigenvalue weighted by Gasteiger charge is -1.88. The third-order valence-corrected chi connectivity index (χ3v) is 0.730. The molecule has 1 rings (SSSR count). The van der Waals surface area contributed by atoms with Crippen molar-refractivity contribution in [1.29, 1.82) is 0 Å². The average Bonchev–Trinajstić information content (AvgIpc) is 1.60. The number of hydrogen-bond acceptors (Lipinski definition) is 7. The Hall–Kier alpha value is -1.45. The van der Waals surface area contributed by atoms with Crippen molar-refractivity contribution in [2.45, 2.75) is 0 Å². The van der Waals surface area contributed by atoms with Gasteiger partial charge in [0.15, 0.2) is 0 Å². The van der Waals surface area contributed by atoms with E-state index < -0.39 is 16.4 Å². The number of rotatable bonds is 0. The first-order chi connectivity index (χ1) is 4.52. The van der Waals surface area contributed by atoms with Crippen LogP contribution in [-0.2, 0) is 19.9 Å². The first kappa shape index (κ1) is 8.55. The van der Waals surface area contributed by atoms with Gasteiger partial charge in [0.2, 0.25) is 0 Å². The third kappa shape index (κ3) is 4.70. The molecular formula is N2O7S. The average molecular weight is 172 g/mol. The Labute approximate surface area is 55.6 Å². The van der Waals surface area contributed by atoms with E-state index in [1.165, 1.54) is 0 Å². The first-order valence-corrected chi connectivity index (χ1v) is 2.60. The SMILES string of the molecule is O=[N+]([O-])[O-].O=[N+]1OS(=O)O1. The molecule has 58 valence electrons. The van der Waals surface area contributed by atoms with Crippen molar-refractivity contribution in [3.8, 4) is 0 Å². The predicted molar refractivity (Wildman–Crippen MR) is 24.3 cm³/mol. The molecule has 10 heteroatoms. The molecule has 9 nitrogen and oxygen atoms in total. The molecule has 0 bridgehead atoms. The van der Waals surface area contributed by atoms with E-state index in [2.05, 4.69) is 8.57 Å². The lowest BCUT2D eigenvalue weighted by Crippen LogP contribution is -2.25. The predicted octanol–water partition coefficient (Wildman–Crippen LogP) is -1.02. The number of nitrogens with zero attached hydrogens (tertiary/aromatic N) is 2. The van der Waals surface area contributed by atoms with Gasteiger partial charge in [0.25, 0.3) is 0 Å². The molecule has 1 heterocycles. The zero-order valence-electron chi connectivity index (χ0n) is 4.16. The molecule has 0 aliphatic carbocycles. The van der Waals surface area contributed by atoms with Gasteiger partial charge >= 0.3 is 16.4 Å². The Morgan fingerprint density at radius 1 is 1.40 bits per heavy atom. The lowest BCUT2D eigenvalue weighted by atomic mass is 13.1. The molecule has 0 unspecified atom stereocenters. The van der Waals surface area contributed by atoms with Crippen LogP contribution in [0.5, 0.6) is 0 Å². The second-order valence-electron chi connectivity index (χ2n) is 0.800. The topological polar surface area (TPSA) is 122 Å². The summed E-state index contributed by atoms with van der Waals surface area (Å²) in [5, 5.41) is 14.5. The minimum absolute atomic E-state index is 0.226. The Morgan fingerprint density at radius 3 is 1.70 bits per heavy atom. The van der Waals surface area contributed by atoms with Gasteiger partial charge in [0, 0.05) is 0 Å². The first-order valence-electron chi connectivity index (χ1n) is 1.60. The van der Waals surface area contributed by atoms with Crippen LogP contribution in [0, 0.1) is 20.2 Å². The van der Waals surface area contributed by atoms with Gasteiger partial charge < -0.3 is 15.3 Å². The van der Waals surface area contributed by atoms with Crippen molar-refractivity contribution in [3.05, 3.63) is 20.2 Å². The van der Waals surface area contributed by atoms with Crippen molar-refractivity contribution in [3.63, 3.8) is 0 Å². The summed E-state index contributed by atoms with van der Waals surface area (Å²) in [6.07, 6.45) is 0. The molecule has 0 spiro atoms. The van der Waals surface area contributed by atoms with E-state index in [1.807, 2.05) is 0 Å². The summed E-state index contributed by atoms with van der Waals surface area (Å²) in [5.74, 6) is 0. The lowest BCUT2D eigenvalue weighted by molar-refractivity contribution is -0.964. The highest BCUT2D eigenvalue weighted by Gasteiger charge is 2.40. The van der Waals surface area contributed by atoms with E-state index in [-0.39, 0.29) is 5.09 Å². The molecule has 0 aromatic rings. The quantitative estimate of drug-likeness (QED) is 0.338. The summed E-state index contributed by atoms with van der Waals surface area (Å²) < 4.78 is 16.9. The molecule has 0 aromatic heterocycles. The Balaban J connectivity index is 0.000000180. The molecule has 0 aromatic carbocycles. The van der Waals surface area contributed by atoms with Crippen LogP contribution in [0.25, 0.3) is 0 Å². The van der Waals surface area contributed by atoms with E-state index in [9.17, 15) is 9.12 Å². The maximum Gasteiger partial charge on any atom is 0.558 e. The van der Waals surface area contributed by atoms with E-state index in [0.717, 1.165) is 0 Å². The van der Waals surface area contributed by atoms with Crippen LogP contribution in [0.15, 0.2) is 0 Å². The Bertz CT molecular complexity index is 146. The van der Waals surface area contributed by atoms with E-state index in [1.54, 1.807) is 0 Å². The molecule has 1 fully saturated rings. The van der Waals surface area contributed by atoms with Gasteiger partial charge in [-0.25, -0.2) is 0 Å². The van der Waals surface area contributed by atoms with Gasteiger partial charge in [0.1, 0.15) is 4.91 Å². The molecule has 0 amide bonds. The maximum absolute atomic E-state index is 9.53. The van der Waals surface area contributed by atoms with E-state index in [4.69, 9.17) is 15.3 Å². The monoisotopic (exact) mass is 172 g/mol. The van der Waals surface area contributed by atoms with Gasteiger partial charge in [-0.1, -0.05) is 0 Å². The largest absolute Gasteiger partial charge is 0.558 e. The van der Waals surface area contributed by atoms with Crippen molar-refractivity contribution < 1.29 is 22.9 Å². The Morgan fingerprint density at radius 2 is 1.70 bits per heavy atom. The molecule has 0 saturated carbocycles. The van der Waals surface area contributed by atoms with E-state index in [0.29, 0.717) is 0 Å². The molecule has 1 aliphatic rings. The second-order valence-corrected chi connectivity index (χ2v) is 1.51.